The Balaban J connectivity index is 1.57. The normalized spacial score (nSPS) is 25.6. The van der Waals surface area contributed by atoms with Crippen molar-refractivity contribution in [2.45, 2.75) is 50.4 Å². The second-order valence-electron chi connectivity index (χ2n) is 10.5. The molecule has 2 unspecified atom stereocenters. The number of hydrogen-bond acceptors (Lipinski definition) is 3. The summed E-state index contributed by atoms with van der Waals surface area (Å²) in [4.78, 5) is 0. The van der Waals surface area contributed by atoms with Crippen LogP contribution in [0, 0.1) is 0 Å². The van der Waals surface area contributed by atoms with Crippen molar-refractivity contribution in [1.82, 2.24) is 5.32 Å². The van der Waals surface area contributed by atoms with E-state index in [9.17, 15) is 0 Å². The van der Waals surface area contributed by atoms with E-state index in [1.54, 1.807) is 0 Å². The SMILES string of the molecule is CC1(C)OB(c2ccc3c(c2)-c2ccccc2C3(c2ccccc2)C2C=CC=CN2)OC1(C)C. The molecule has 0 bridgehead atoms. The van der Waals surface area contributed by atoms with Crippen molar-refractivity contribution in [3.05, 3.63) is 114 Å². The summed E-state index contributed by atoms with van der Waals surface area (Å²) in [6.07, 6.45) is 8.53. The van der Waals surface area contributed by atoms with Crippen molar-refractivity contribution in [2.24, 2.45) is 0 Å². The van der Waals surface area contributed by atoms with Crippen LogP contribution in [0.5, 0.6) is 0 Å². The minimum atomic E-state index is -0.384. The van der Waals surface area contributed by atoms with Crippen LogP contribution in [-0.2, 0) is 14.7 Å². The topological polar surface area (TPSA) is 30.5 Å². The first-order chi connectivity index (χ1) is 16.3. The molecule has 1 N–H and O–H groups in total. The lowest BCUT2D eigenvalue weighted by molar-refractivity contribution is 0.00578. The first-order valence-corrected chi connectivity index (χ1v) is 12.1. The second kappa shape index (κ2) is 7.46. The van der Waals surface area contributed by atoms with Crippen LogP contribution in [0.25, 0.3) is 11.1 Å². The Kier molecular flexibility index (Phi) is 4.71. The Morgan fingerprint density at radius 1 is 0.735 bits per heavy atom. The number of dihydropyridines is 1. The Morgan fingerprint density at radius 3 is 2.12 bits per heavy atom. The summed E-state index contributed by atoms with van der Waals surface area (Å²) in [6.45, 7) is 8.41. The zero-order valence-corrected chi connectivity index (χ0v) is 20.2. The molecule has 0 saturated carbocycles. The molecule has 170 valence electrons. The summed E-state index contributed by atoms with van der Waals surface area (Å²) in [5.74, 6) is 0. The Hall–Kier alpha value is -3.08. The van der Waals surface area contributed by atoms with Crippen LogP contribution < -0.4 is 10.8 Å². The van der Waals surface area contributed by atoms with Crippen LogP contribution in [0.2, 0.25) is 0 Å². The highest BCUT2D eigenvalue weighted by Crippen LogP contribution is 2.54. The van der Waals surface area contributed by atoms with Crippen LogP contribution >= 0.6 is 0 Å². The van der Waals surface area contributed by atoms with Crippen LogP contribution in [0.3, 0.4) is 0 Å². The molecule has 3 aromatic rings. The summed E-state index contributed by atoms with van der Waals surface area (Å²) in [5, 5.41) is 3.66. The Labute approximate surface area is 202 Å². The largest absolute Gasteiger partial charge is 0.494 e. The van der Waals surface area contributed by atoms with Gasteiger partial charge in [0.1, 0.15) is 0 Å². The van der Waals surface area contributed by atoms with Gasteiger partial charge in [-0.15, -0.1) is 0 Å². The van der Waals surface area contributed by atoms with E-state index in [1.165, 1.54) is 27.8 Å². The standard InChI is InChI=1S/C30H30BNO2/c1-28(2)29(3,4)34-31(33-28)22-17-18-26-24(20-22)23-14-8-9-15-25(23)30(26,21-12-6-5-7-13-21)27-16-10-11-19-32-27/h5-20,27,32H,1-4H3. The molecule has 2 aliphatic heterocycles. The molecule has 34 heavy (non-hydrogen) atoms. The van der Waals surface area contributed by atoms with Crippen LogP contribution in [0.1, 0.15) is 44.4 Å². The van der Waals surface area contributed by atoms with Gasteiger partial charge in [0.25, 0.3) is 0 Å². The Bertz CT molecular complexity index is 1290. The molecular formula is C30H30BNO2. The van der Waals surface area contributed by atoms with Gasteiger partial charge in [-0.1, -0.05) is 84.9 Å². The predicted octanol–water partition coefficient (Wildman–Crippen LogP) is 5.34. The van der Waals surface area contributed by atoms with E-state index in [4.69, 9.17) is 9.31 Å². The number of hydrogen-bond donors (Lipinski definition) is 1. The van der Waals surface area contributed by atoms with Crippen molar-refractivity contribution in [3.8, 4) is 11.1 Å². The summed E-state index contributed by atoms with van der Waals surface area (Å²) in [5.41, 5.74) is 6.39. The van der Waals surface area contributed by atoms with E-state index >= 15 is 0 Å². The molecule has 0 aromatic heterocycles. The number of nitrogens with one attached hydrogen (secondary N) is 1. The third-order valence-electron chi connectivity index (χ3n) is 8.12. The van der Waals surface area contributed by atoms with Crippen LogP contribution in [0.15, 0.2) is 97.2 Å². The highest BCUT2D eigenvalue weighted by molar-refractivity contribution is 6.62. The lowest BCUT2D eigenvalue weighted by atomic mass is 9.66. The molecule has 1 saturated heterocycles. The van der Waals surface area contributed by atoms with Gasteiger partial charge in [-0.2, -0.15) is 0 Å². The third-order valence-corrected chi connectivity index (χ3v) is 8.12. The van der Waals surface area contributed by atoms with E-state index in [2.05, 4.69) is 130 Å². The molecule has 4 heteroatoms. The summed E-state index contributed by atoms with van der Waals surface area (Å²) in [6, 6.07) is 26.5. The maximum absolute atomic E-state index is 6.40. The zero-order valence-electron chi connectivity index (χ0n) is 20.2. The molecule has 3 aliphatic rings. The lowest BCUT2D eigenvalue weighted by Gasteiger charge is -2.40. The van der Waals surface area contributed by atoms with Crippen molar-refractivity contribution >= 4 is 12.6 Å². The van der Waals surface area contributed by atoms with E-state index in [0.29, 0.717) is 0 Å². The molecule has 6 rings (SSSR count). The number of benzene rings is 3. The molecule has 0 spiro atoms. The minimum absolute atomic E-state index is 0.0880. The summed E-state index contributed by atoms with van der Waals surface area (Å²) in [7, 11) is -0.384. The molecule has 1 fully saturated rings. The first-order valence-electron chi connectivity index (χ1n) is 12.1. The van der Waals surface area contributed by atoms with Gasteiger partial charge in [0.05, 0.1) is 22.7 Å². The fourth-order valence-electron chi connectivity index (χ4n) is 5.70. The lowest BCUT2D eigenvalue weighted by Crippen LogP contribution is -2.47. The third kappa shape index (κ3) is 2.92. The zero-order chi connectivity index (χ0) is 23.6. The van der Waals surface area contributed by atoms with Crippen LogP contribution in [-0.4, -0.2) is 24.4 Å². The highest BCUT2D eigenvalue weighted by atomic mass is 16.7. The van der Waals surface area contributed by atoms with E-state index < -0.39 is 0 Å². The van der Waals surface area contributed by atoms with Gasteiger partial charge in [0.15, 0.2) is 0 Å². The van der Waals surface area contributed by atoms with Crippen molar-refractivity contribution in [3.63, 3.8) is 0 Å². The summed E-state index contributed by atoms with van der Waals surface area (Å²) < 4.78 is 12.8. The quantitative estimate of drug-likeness (QED) is 0.550. The first kappa shape index (κ1) is 21.5. The van der Waals surface area contributed by atoms with Gasteiger partial charge >= 0.3 is 7.12 Å². The highest BCUT2D eigenvalue weighted by Gasteiger charge is 2.53. The number of allylic oxidation sites excluding steroid dienone is 2. The van der Waals surface area contributed by atoms with Gasteiger partial charge in [-0.3, -0.25) is 0 Å². The number of rotatable bonds is 3. The minimum Gasteiger partial charge on any atom is -0.399 e. The fourth-order valence-corrected chi connectivity index (χ4v) is 5.70. The Morgan fingerprint density at radius 2 is 1.41 bits per heavy atom. The van der Waals surface area contributed by atoms with E-state index in [0.717, 1.165) is 5.46 Å². The molecular weight excluding hydrogens is 417 g/mol. The smallest absolute Gasteiger partial charge is 0.399 e. The summed E-state index contributed by atoms with van der Waals surface area (Å²) >= 11 is 0. The maximum atomic E-state index is 6.40. The van der Waals surface area contributed by atoms with Crippen molar-refractivity contribution in [2.75, 3.05) is 0 Å². The van der Waals surface area contributed by atoms with E-state index in [1.807, 2.05) is 0 Å². The van der Waals surface area contributed by atoms with Gasteiger partial charge in [0.2, 0.25) is 0 Å². The number of fused-ring (bicyclic) bond motifs is 3. The second-order valence-corrected chi connectivity index (χ2v) is 10.5. The molecule has 0 radical (unpaired) electrons. The van der Waals surface area contributed by atoms with Crippen molar-refractivity contribution in [1.29, 1.82) is 0 Å². The van der Waals surface area contributed by atoms with Gasteiger partial charge in [0, 0.05) is 0 Å². The molecule has 2 atom stereocenters. The molecule has 1 aliphatic carbocycles. The van der Waals surface area contributed by atoms with Crippen LogP contribution in [0.4, 0.5) is 0 Å². The van der Waals surface area contributed by atoms with Crippen molar-refractivity contribution < 1.29 is 9.31 Å². The molecule has 2 heterocycles. The molecule has 0 amide bonds. The predicted molar refractivity (Wildman–Crippen MR) is 139 cm³/mol. The fraction of sp³-hybridized carbons (Fsp3) is 0.267. The molecule has 3 nitrogen and oxygen atoms in total. The van der Waals surface area contributed by atoms with E-state index in [-0.39, 0.29) is 29.8 Å². The molecule has 3 aromatic carbocycles. The average molecular weight is 447 g/mol. The van der Waals surface area contributed by atoms with Gasteiger partial charge in [-0.25, -0.2) is 0 Å². The maximum Gasteiger partial charge on any atom is 0.494 e. The average Bonchev–Trinajstić information content (AvgIpc) is 3.27. The van der Waals surface area contributed by atoms with Gasteiger partial charge in [-0.05, 0) is 73.3 Å². The van der Waals surface area contributed by atoms with Gasteiger partial charge < -0.3 is 14.6 Å². The monoisotopic (exact) mass is 447 g/mol.